The van der Waals surface area contributed by atoms with Gasteiger partial charge in [-0.25, -0.2) is 5.32 Å². The normalized spacial score (nSPS) is 23.4. The van der Waals surface area contributed by atoms with Crippen LogP contribution < -0.4 is 5.32 Å². The Kier molecular flexibility index (Phi) is 6.21. The molecule has 1 aliphatic rings. The van der Waals surface area contributed by atoms with Crippen LogP contribution in [-0.2, 0) is 5.75 Å². The Balaban J connectivity index is 1.57. The molecular formula is C21H23ClNOS. The summed E-state index contributed by atoms with van der Waals surface area (Å²) in [7, 11) is 0. The molecule has 1 heterocycles. The van der Waals surface area contributed by atoms with E-state index in [-0.39, 0.29) is 17.2 Å². The van der Waals surface area contributed by atoms with Crippen molar-refractivity contribution in [1.82, 2.24) is 5.32 Å². The first-order chi connectivity index (χ1) is 12.1. The van der Waals surface area contributed by atoms with E-state index in [4.69, 9.17) is 16.9 Å². The summed E-state index contributed by atoms with van der Waals surface area (Å²) in [6, 6.07) is 17.7. The third-order valence-electron chi connectivity index (χ3n) is 4.68. The second-order valence-corrected chi connectivity index (χ2v) is 8.34. The second-order valence-electron chi connectivity index (χ2n) is 6.92. The Labute approximate surface area is 159 Å². The number of carbonyl (C=O) groups excluding carboxylic acids is 1. The van der Waals surface area contributed by atoms with Gasteiger partial charge in [-0.2, -0.15) is 11.8 Å². The molecule has 25 heavy (non-hydrogen) atoms. The largest absolute Gasteiger partial charge is 0.294 e. The van der Waals surface area contributed by atoms with E-state index in [1.54, 1.807) is 12.1 Å². The fourth-order valence-electron chi connectivity index (χ4n) is 3.33. The number of hydrogen-bond acceptors (Lipinski definition) is 2. The van der Waals surface area contributed by atoms with Crippen LogP contribution in [0.3, 0.4) is 0 Å². The monoisotopic (exact) mass is 372 g/mol. The molecule has 1 saturated heterocycles. The summed E-state index contributed by atoms with van der Waals surface area (Å²) in [4.78, 5) is 12.8. The first-order valence-electron chi connectivity index (χ1n) is 8.66. The highest BCUT2D eigenvalue weighted by atomic mass is 35.5. The van der Waals surface area contributed by atoms with Crippen LogP contribution in [-0.4, -0.2) is 23.6 Å². The highest BCUT2D eigenvalue weighted by Gasteiger charge is 2.36. The van der Waals surface area contributed by atoms with Crippen LogP contribution in [0.5, 0.6) is 0 Å². The number of carbonyl (C=O) groups is 1. The number of Topliss-reactive ketones (excluding diaryl/α,β-unsaturated/α-hetero) is 1. The van der Waals surface area contributed by atoms with Gasteiger partial charge in [-0.1, -0.05) is 41.9 Å². The molecule has 2 atom stereocenters. The third-order valence-corrected chi connectivity index (χ3v) is 6.30. The minimum Gasteiger partial charge on any atom is -0.294 e. The van der Waals surface area contributed by atoms with Gasteiger partial charge in [-0.05, 0) is 49.6 Å². The van der Waals surface area contributed by atoms with E-state index in [1.165, 1.54) is 5.56 Å². The van der Waals surface area contributed by atoms with E-state index in [9.17, 15) is 4.79 Å². The maximum Gasteiger partial charge on any atom is 0.166 e. The van der Waals surface area contributed by atoms with Gasteiger partial charge in [0.1, 0.15) is 0 Å². The fourth-order valence-corrected chi connectivity index (χ4v) is 4.63. The Morgan fingerprint density at radius 1 is 1.20 bits per heavy atom. The van der Waals surface area contributed by atoms with Crippen molar-refractivity contribution in [3.63, 3.8) is 0 Å². The van der Waals surface area contributed by atoms with Crippen molar-refractivity contribution >= 4 is 29.1 Å². The van der Waals surface area contributed by atoms with Crippen LogP contribution in [0, 0.1) is 5.92 Å². The van der Waals surface area contributed by atoms with Gasteiger partial charge in [0.2, 0.25) is 0 Å². The Morgan fingerprint density at radius 2 is 1.92 bits per heavy atom. The lowest BCUT2D eigenvalue weighted by Gasteiger charge is -2.37. The number of benzene rings is 2. The smallest absolute Gasteiger partial charge is 0.166 e. The van der Waals surface area contributed by atoms with Crippen molar-refractivity contribution in [3.05, 3.63) is 70.7 Å². The van der Waals surface area contributed by atoms with Gasteiger partial charge in [0.05, 0.1) is 0 Å². The average molecular weight is 373 g/mol. The lowest BCUT2D eigenvalue weighted by Crippen LogP contribution is -2.47. The molecule has 2 unspecified atom stereocenters. The molecule has 1 radical (unpaired) electrons. The summed E-state index contributed by atoms with van der Waals surface area (Å²) in [5, 5.41) is 5.50. The van der Waals surface area contributed by atoms with Crippen LogP contribution in [0.4, 0.5) is 0 Å². The number of nitrogens with zero attached hydrogens (tertiary/aromatic N) is 1. The molecule has 1 fully saturated rings. The molecular weight excluding hydrogens is 350 g/mol. The van der Waals surface area contributed by atoms with Gasteiger partial charge in [-0.15, -0.1) is 0 Å². The van der Waals surface area contributed by atoms with E-state index >= 15 is 0 Å². The van der Waals surface area contributed by atoms with Gasteiger partial charge in [0, 0.05) is 40.1 Å². The second kappa shape index (κ2) is 8.39. The Hall–Kier alpha value is -1.29. The molecule has 0 spiro atoms. The van der Waals surface area contributed by atoms with E-state index in [2.05, 4.69) is 31.2 Å². The zero-order chi connectivity index (χ0) is 17.7. The Bertz CT molecular complexity index is 704. The maximum atomic E-state index is 12.8. The van der Waals surface area contributed by atoms with Crippen molar-refractivity contribution < 1.29 is 4.79 Å². The van der Waals surface area contributed by atoms with Crippen LogP contribution in [0.1, 0.15) is 35.7 Å². The topological polar surface area (TPSA) is 31.2 Å². The lowest BCUT2D eigenvalue weighted by atomic mass is 9.80. The first-order valence-corrected chi connectivity index (χ1v) is 10.2. The standard InChI is InChI=1S/C21H23ClNOS/c1-21(15-25-14-16-5-3-2-4-6-16)13-18(11-12-23-21)20(24)17-7-9-19(22)10-8-17/h2-10,18H,11-15H2,1H3. The molecule has 0 bridgehead atoms. The molecule has 2 nitrogen and oxygen atoms in total. The molecule has 0 saturated carbocycles. The van der Waals surface area contributed by atoms with Gasteiger partial charge in [0.25, 0.3) is 0 Å². The molecule has 2 aromatic carbocycles. The molecule has 4 heteroatoms. The zero-order valence-electron chi connectivity index (χ0n) is 14.5. The summed E-state index contributed by atoms with van der Waals surface area (Å²) in [5.74, 6) is 2.22. The molecule has 0 amide bonds. The van der Waals surface area contributed by atoms with E-state index in [1.807, 2.05) is 30.0 Å². The molecule has 0 aliphatic carbocycles. The van der Waals surface area contributed by atoms with Crippen molar-refractivity contribution in [2.75, 3.05) is 12.3 Å². The van der Waals surface area contributed by atoms with Crippen LogP contribution in [0.2, 0.25) is 5.02 Å². The van der Waals surface area contributed by atoms with Crippen molar-refractivity contribution in [1.29, 1.82) is 0 Å². The van der Waals surface area contributed by atoms with Crippen LogP contribution in [0.25, 0.3) is 0 Å². The molecule has 2 aromatic rings. The molecule has 0 aromatic heterocycles. The number of piperidine rings is 1. The quantitative estimate of drug-likeness (QED) is 0.650. The number of hydrogen-bond donors (Lipinski definition) is 0. The molecule has 1 aliphatic heterocycles. The van der Waals surface area contributed by atoms with Crippen LogP contribution in [0.15, 0.2) is 54.6 Å². The summed E-state index contributed by atoms with van der Waals surface area (Å²) >= 11 is 7.83. The van der Waals surface area contributed by atoms with Gasteiger partial charge < -0.3 is 0 Å². The highest BCUT2D eigenvalue weighted by Crippen LogP contribution is 2.32. The lowest BCUT2D eigenvalue weighted by molar-refractivity contribution is 0.0850. The third kappa shape index (κ3) is 5.10. The van der Waals surface area contributed by atoms with E-state index in [0.717, 1.165) is 36.5 Å². The van der Waals surface area contributed by atoms with Gasteiger partial charge in [0.15, 0.2) is 5.78 Å². The zero-order valence-corrected chi connectivity index (χ0v) is 16.0. The summed E-state index contributed by atoms with van der Waals surface area (Å²) in [6.45, 7) is 2.96. The predicted molar refractivity (Wildman–Crippen MR) is 107 cm³/mol. The minimum atomic E-state index is -0.121. The number of thioether (sulfide) groups is 1. The van der Waals surface area contributed by atoms with Crippen LogP contribution >= 0.6 is 23.4 Å². The first kappa shape index (κ1) is 18.5. The highest BCUT2D eigenvalue weighted by molar-refractivity contribution is 7.98. The Morgan fingerprint density at radius 3 is 2.64 bits per heavy atom. The maximum absolute atomic E-state index is 12.8. The van der Waals surface area contributed by atoms with Gasteiger partial charge in [-0.3, -0.25) is 4.79 Å². The molecule has 131 valence electrons. The number of rotatable bonds is 6. The summed E-state index contributed by atoms with van der Waals surface area (Å²) in [5.41, 5.74) is 1.97. The van der Waals surface area contributed by atoms with Crippen molar-refractivity contribution in [3.8, 4) is 0 Å². The molecule has 0 N–H and O–H groups in total. The van der Waals surface area contributed by atoms with E-state index in [0.29, 0.717) is 5.02 Å². The average Bonchev–Trinajstić information content (AvgIpc) is 2.62. The van der Waals surface area contributed by atoms with Crippen molar-refractivity contribution in [2.45, 2.75) is 31.1 Å². The van der Waals surface area contributed by atoms with Crippen molar-refractivity contribution in [2.24, 2.45) is 5.92 Å². The number of ketones is 1. The SMILES string of the molecule is CC1(CSCc2ccccc2)CC(C(=O)c2ccc(Cl)cc2)CC[N]1. The minimum absolute atomic E-state index is 0.0565. The number of halogens is 1. The van der Waals surface area contributed by atoms with E-state index < -0.39 is 0 Å². The summed E-state index contributed by atoms with van der Waals surface area (Å²) in [6.07, 6.45) is 1.68. The van der Waals surface area contributed by atoms with Gasteiger partial charge >= 0.3 is 0 Å². The summed E-state index contributed by atoms with van der Waals surface area (Å²) < 4.78 is 0. The predicted octanol–water partition coefficient (Wildman–Crippen LogP) is 5.23. The fraction of sp³-hybridized carbons (Fsp3) is 0.381. The molecule has 3 rings (SSSR count).